The van der Waals surface area contributed by atoms with E-state index < -0.39 is 12.2 Å². The lowest BCUT2D eigenvalue weighted by Crippen LogP contribution is -2.25. The normalized spacial score (nSPS) is 15.0. The van der Waals surface area contributed by atoms with Crippen LogP contribution in [-0.4, -0.2) is 26.3 Å². The second-order valence-electron chi connectivity index (χ2n) is 1.85. The average molecular weight is 157 g/mol. The summed E-state index contributed by atoms with van der Waals surface area (Å²) in [6, 6.07) is 1.77. The fourth-order valence-corrected chi connectivity index (χ4v) is 0.638. The molecule has 0 aromatic heterocycles. The minimum Gasteiger partial charge on any atom is -0.354 e. The van der Waals surface area contributed by atoms with Crippen LogP contribution in [-0.2, 0) is 14.3 Å². The van der Waals surface area contributed by atoms with Gasteiger partial charge in [0, 0.05) is 13.7 Å². The van der Waals surface area contributed by atoms with E-state index in [4.69, 9.17) is 14.7 Å². The van der Waals surface area contributed by atoms with Crippen molar-refractivity contribution in [1.29, 1.82) is 5.26 Å². The van der Waals surface area contributed by atoms with E-state index in [1.165, 1.54) is 7.11 Å². The van der Waals surface area contributed by atoms with E-state index in [-0.39, 0.29) is 0 Å². The molecule has 0 rings (SSSR count). The lowest BCUT2D eigenvalue weighted by Gasteiger charge is -2.15. The standard InChI is InChI=1S/C7H11NO3/c1-3-11-7(10-2)6(4-8)5-9/h5-7H,3H2,1-2H3. The Hall–Kier alpha value is -0.920. The molecule has 0 fully saturated rings. The number of aldehydes is 1. The van der Waals surface area contributed by atoms with Crippen LogP contribution in [0.1, 0.15) is 6.92 Å². The highest BCUT2D eigenvalue weighted by Crippen LogP contribution is 2.04. The molecule has 62 valence electrons. The van der Waals surface area contributed by atoms with Crippen LogP contribution in [0.15, 0.2) is 0 Å². The minimum atomic E-state index is -0.833. The number of carbonyl (C=O) groups excluding carboxylic acids is 1. The monoisotopic (exact) mass is 157 g/mol. The van der Waals surface area contributed by atoms with Crippen molar-refractivity contribution in [2.24, 2.45) is 5.92 Å². The summed E-state index contributed by atoms with van der Waals surface area (Å²) in [4.78, 5) is 10.2. The summed E-state index contributed by atoms with van der Waals surface area (Å²) in [5, 5.41) is 8.41. The van der Waals surface area contributed by atoms with E-state index >= 15 is 0 Å². The van der Waals surface area contributed by atoms with Gasteiger partial charge in [-0.1, -0.05) is 0 Å². The Balaban J connectivity index is 4.00. The average Bonchev–Trinajstić information content (AvgIpc) is 2.05. The molecule has 0 spiro atoms. The van der Waals surface area contributed by atoms with Crippen molar-refractivity contribution >= 4 is 6.29 Å². The van der Waals surface area contributed by atoms with Gasteiger partial charge in [0.25, 0.3) is 0 Å². The van der Waals surface area contributed by atoms with Gasteiger partial charge in [-0.25, -0.2) is 0 Å². The third-order valence-electron chi connectivity index (χ3n) is 1.15. The maximum atomic E-state index is 10.2. The number of carbonyl (C=O) groups is 1. The van der Waals surface area contributed by atoms with E-state index in [1.54, 1.807) is 13.0 Å². The van der Waals surface area contributed by atoms with Crippen molar-refractivity contribution in [2.75, 3.05) is 13.7 Å². The molecule has 0 aliphatic carbocycles. The summed E-state index contributed by atoms with van der Waals surface area (Å²) in [7, 11) is 1.40. The highest BCUT2D eigenvalue weighted by molar-refractivity contribution is 5.58. The topological polar surface area (TPSA) is 59.3 Å². The molecule has 0 N–H and O–H groups in total. The van der Waals surface area contributed by atoms with Gasteiger partial charge in [0.15, 0.2) is 12.2 Å². The van der Waals surface area contributed by atoms with Crippen LogP contribution in [0, 0.1) is 17.2 Å². The van der Waals surface area contributed by atoms with E-state index in [0.717, 1.165) is 0 Å². The molecule has 0 heterocycles. The van der Waals surface area contributed by atoms with Crippen LogP contribution in [0.3, 0.4) is 0 Å². The summed E-state index contributed by atoms with van der Waals surface area (Å²) in [5.74, 6) is -0.833. The maximum absolute atomic E-state index is 10.2. The molecular weight excluding hydrogens is 146 g/mol. The van der Waals surface area contributed by atoms with Crippen LogP contribution in [0.5, 0.6) is 0 Å². The van der Waals surface area contributed by atoms with E-state index in [9.17, 15) is 4.79 Å². The van der Waals surface area contributed by atoms with Gasteiger partial charge >= 0.3 is 0 Å². The second-order valence-corrected chi connectivity index (χ2v) is 1.85. The third kappa shape index (κ3) is 3.12. The smallest absolute Gasteiger partial charge is 0.179 e. The Morgan fingerprint density at radius 1 is 1.73 bits per heavy atom. The molecule has 0 aromatic rings. The van der Waals surface area contributed by atoms with Gasteiger partial charge in [0.2, 0.25) is 0 Å². The number of nitrogens with zero attached hydrogens (tertiary/aromatic N) is 1. The summed E-state index contributed by atoms with van der Waals surface area (Å²) in [5.41, 5.74) is 0. The van der Waals surface area contributed by atoms with E-state index in [0.29, 0.717) is 12.9 Å². The molecule has 0 bridgehead atoms. The van der Waals surface area contributed by atoms with Gasteiger partial charge in [-0.3, -0.25) is 0 Å². The summed E-state index contributed by atoms with van der Waals surface area (Å²) < 4.78 is 9.72. The Kier molecular flexibility index (Phi) is 5.35. The molecule has 0 saturated heterocycles. The molecule has 11 heavy (non-hydrogen) atoms. The third-order valence-corrected chi connectivity index (χ3v) is 1.15. The number of hydrogen-bond acceptors (Lipinski definition) is 4. The van der Waals surface area contributed by atoms with E-state index in [2.05, 4.69) is 0 Å². The second kappa shape index (κ2) is 5.83. The minimum absolute atomic E-state index is 0.421. The van der Waals surface area contributed by atoms with Gasteiger partial charge < -0.3 is 14.3 Å². The highest BCUT2D eigenvalue weighted by Gasteiger charge is 2.19. The Bertz CT molecular complexity index is 152. The SMILES string of the molecule is CCOC(OC)C(C#N)C=O. The first-order valence-corrected chi connectivity index (χ1v) is 3.29. The molecule has 4 nitrogen and oxygen atoms in total. The van der Waals surface area contributed by atoms with Crippen LogP contribution in [0.25, 0.3) is 0 Å². The number of methoxy groups -OCH3 is 1. The zero-order valence-corrected chi connectivity index (χ0v) is 6.61. The predicted octanol–water partition coefficient (Wildman–Crippen LogP) is 0.334. The Labute approximate surface area is 65.7 Å². The molecular formula is C7H11NO3. The van der Waals surface area contributed by atoms with Crippen LogP contribution >= 0.6 is 0 Å². The fourth-order valence-electron chi connectivity index (χ4n) is 0.638. The number of ether oxygens (including phenoxy) is 2. The first-order valence-electron chi connectivity index (χ1n) is 3.29. The predicted molar refractivity (Wildman–Crippen MR) is 37.6 cm³/mol. The lowest BCUT2D eigenvalue weighted by molar-refractivity contribution is -0.148. The fraction of sp³-hybridized carbons (Fsp3) is 0.714. The van der Waals surface area contributed by atoms with Crippen LogP contribution in [0.4, 0.5) is 0 Å². The molecule has 0 aromatic carbocycles. The van der Waals surface area contributed by atoms with Crippen LogP contribution in [0.2, 0.25) is 0 Å². The van der Waals surface area contributed by atoms with Crippen molar-refractivity contribution in [3.63, 3.8) is 0 Å². The largest absolute Gasteiger partial charge is 0.354 e. The van der Waals surface area contributed by atoms with Crippen molar-refractivity contribution in [3.8, 4) is 6.07 Å². The quantitative estimate of drug-likeness (QED) is 0.426. The maximum Gasteiger partial charge on any atom is 0.179 e. The van der Waals surface area contributed by atoms with Gasteiger partial charge in [-0.2, -0.15) is 5.26 Å². The molecule has 2 unspecified atom stereocenters. The van der Waals surface area contributed by atoms with Crippen molar-refractivity contribution < 1.29 is 14.3 Å². The molecule has 0 saturated carbocycles. The number of nitriles is 1. The first-order chi connectivity index (χ1) is 5.29. The van der Waals surface area contributed by atoms with Gasteiger partial charge in [-0.05, 0) is 6.92 Å². The van der Waals surface area contributed by atoms with Crippen LogP contribution < -0.4 is 0 Å². The number of hydrogen-bond donors (Lipinski definition) is 0. The van der Waals surface area contributed by atoms with Gasteiger partial charge in [-0.15, -0.1) is 0 Å². The molecule has 0 aliphatic rings. The zero-order chi connectivity index (χ0) is 8.69. The van der Waals surface area contributed by atoms with Gasteiger partial charge in [0.1, 0.15) is 6.29 Å². The van der Waals surface area contributed by atoms with Gasteiger partial charge in [0.05, 0.1) is 6.07 Å². The molecule has 4 heteroatoms. The Morgan fingerprint density at radius 2 is 2.36 bits per heavy atom. The molecule has 0 radical (unpaired) electrons. The first kappa shape index (κ1) is 10.1. The molecule has 0 aliphatic heterocycles. The summed E-state index contributed by atoms with van der Waals surface area (Å²) in [6.45, 7) is 2.19. The summed E-state index contributed by atoms with van der Waals surface area (Å²) in [6.07, 6.45) is -0.216. The zero-order valence-electron chi connectivity index (χ0n) is 6.61. The van der Waals surface area contributed by atoms with Crippen molar-refractivity contribution in [2.45, 2.75) is 13.2 Å². The molecule has 2 atom stereocenters. The lowest BCUT2D eigenvalue weighted by atomic mass is 10.2. The van der Waals surface area contributed by atoms with Crippen molar-refractivity contribution in [1.82, 2.24) is 0 Å². The van der Waals surface area contributed by atoms with Crippen molar-refractivity contribution in [3.05, 3.63) is 0 Å². The number of rotatable bonds is 5. The van der Waals surface area contributed by atoms with E-state index in [1.807, 2.05) is 0 Å². The Morgan fingerprint density at radius 3 is 2.64 bits per heavy atom. The summed E-state index contributed by atoms with van der Waals surface area (Å²) >= 11 is 0. The highest BCUT2D eigenvalue weighted by atomic mass is 16.7. The molecule has 0 amide bonds.